The largest absolute Gasteiger partial charge is 0.393 e. The van der Waals surface area contributed by atoms with Gasteiger partial charge in [-0.25, -0.2) is 0 Å². The van der Waals surface area contributed by atoms with Crippen molar-refractivity contribution in [2.24, 2.45) is 11.3 Å². The fourth-order valence-corrected chi connectivity index (χ4v) is 1.11. The summed E-state index contributed by atoms with van der Waals surface area (Å²) in [5, 5.41) is 8.96. The minimum atomic E-state index is 0.00926. The van der Waals surface area contributed by atoms with Gasteiger partial charge in [-0.05, 0) is 17.8 Å². The zero-order valence-electron chi connectivity index (χ0n) is 5.81. The Balaban J connectivity index is 2.39. The molecule has 0 aromatic rings. The maximum absolute atomic E-state index is 8.96. The van der Waals surface area contributed by atoms with E-state index in [-0.39, 0.29) is 6.10 Å². The third kappa shape index (κ3) is 1.03. The molecule has 1 heteroatoms. The van der Waals surface area contributed by atoms with Crippen LogP contribution in [0.1, 0.15) is 27.2 Å². The van der Waals surface area contributed by atoms with Crippen molar-refractivity contribution in [1.29, 1.82) is 0 Å². The zero-order valence-corrected chi connectivity index (χ0v) is 5.81. The van der Waals surface area contributed by atoms with Gasteiger partial charge in [0.2, 0.25) is 0 Å². The molecule has 1 N–H and O–H groups in total. The Labute approximate surface area is 50.7 Å². The molecule has 1 fully saturated rings. The van der Waals surface area contributed by atoms with Gasteiger partial charge in [0.05, 0.1) is 6.10 Å². The summed E-state index contributed by atoms with van der Waals surface area (Å²) in [6.45, 7) is 6.52. The summed E-state index contributed by atoms with van der Waals surface area (Å²) in [6.07, 6.45) is 1.03. The molecule has 1 rings (SSSR count). The molecule has 8 heavy (non-hydrogen) atoms. The lowest BCUT2D eigenvalue weighted by molar-refractivity contribution is 0.211. The second-order valence-corrected chi connectivity index (χ2v) is 3.78. The van der Waals surface area contributed by atoms with Crippen LogP contribution in [-0.4, -0.2) is 11.2 Å². The minimum absolute atomic E-state index is 0.00926. The van der Waals surface area contributed by atoms with E-state index < -0.39 is 0 Å². The molecule has 0 aliphatic heterocycles. The van der Waals surface area contributed by atoms with E-state index in [9.17, 15) is 0 Å². The van der Waals surface area contributed by atoms with E-state index >= 15 is 0 Å². The van der Waals surface area contributed by atoms with Crippen LogP contribution < -0.4 is 0 Å². The first-order chi connectivity index (χ1) is 3.52. The second kappa shape index (κ2) is 1.47. The fraction of sp³-hybridized carbons (Fsp3) is 1.00. The number of rotatable bonds is 0. The molecule has 48 valence electrons. The number of aliphatic hydroxyl groups is 1. The highest BCUT2D eigenvalue weighted by Crippen LogP contribution is 2.44. The number of hydrogen-bond donors (Lipinski definition) is 1. The van der Waals surface area contributed by atoms with Crippen molar-refractivity contribution >= 4 is 0 Å². The average Bonchev–Trinajstić information content (AvgIpc) is 2.13. The first-order valence-electron chi connectivity index (χ1n) is 3.20. The Morgan fingerprint density at radius 2 is 1.75 bits per heavy atom. The summed E-state index contributed by atoms with van der Waals surface area (Å²) < 4.78 is 0. The Morgan fingerprint density at radius 1 is 1.38 bits per heavy atom. The molecule has 0 spiro atoms. The fourth-order valence-electron chi connectivity index (χ4n) is 1.11. The van der Waals surface area contributed by atoms with Crippen LogP contribution in [0, 0.1) is 11.3 Å². The molecule has 2 atom stereocenters. The van der Waals surface area contributed by atoms with Crippen LogP contribution in [0.25, 0.3) is 0 Å². The van der Waals surface area contributed by atoms with Gasteiger partial charge in [-0.15, -0.1) is 0 Å². The van der Waals surface area contributed by atoms with E-state index in [1.165, 1.54) is 0 Å². The van der Waals surface area contributed by atoms with Crippen LogP contribution in [0.3, 0.4) is 0 Å². The predicted molar refractivity (Wildman–Crippen MR) is 33.6 cm³/mol. The Hall–Kier alpha value is -0.0400. The molecule has 1 nitrogen and oxygen atoms in total. The van der Waals surface area contributed by atoms with Gasteiger partial charge in [0.15, 0.2) is 0 Å². The standard InChI is InChI=1S/C7H14O/c1-7(2,3)5-4-6(5)8/h5-6,8H,4H2,1-3H3/t5-,6-/m1/s1. The first-order valence-corrected chi connectivity index (χ1v) is 3.20. The topological polar surface area (TPSA) is 20.2 Å². The van der Waals surface area contributed by atoms with Gasteiger partial charge < -0.3 is 5.11 Å². The van der Waals surface area contributed by atoms with E-state index in [0.29, 0.717) is 11.3 Å². The molecule has 0 heterocycles. The van der Waals surface area contributed by atoms with Crippen LogP contribution in [-0.2, 0) is 0 Å². The van der Waals surface area contributed by atoms with Gasteiger partial charge in [0, 0.05) is 0 Å². The van der Waals surface area contributed by atoms with Crippen LogP contribution >= 0.6 is 0 Å². The quantitative estimate of drug-likeness (QED) is 0.505. The number of aliphatic hydroxyl groups excluding tert-OH is 1. The summed E-state index contributed by atoms with van der Waals surface area (Å²) in [5.74, 6) is 0.572. The van der Waals surface area contributed by atoms with Crippen molar-refractivity contribution in [1.82, 2.24) is 0 Å². The van der Waals surface area contributed by atoms with Crippen LogP contribution in [0.4, 0.5) is 0 Å². The van der Waals surface area contributed by atoms with E-state index in [1.54, 1.807) is 0 Å². The zero-order chi connectivity index (χ0) is 6.36. The molecule has 0 saturated heterocycles. The second-order valence-electron chi connectivity index (χ2n) is 3.78. The van der Waals surface area contributed by atoms with E-state index in [0.717, 1.165) is 6.42 Å². The van der Waals surface area contributed by atoms with Crippen LogP contribution in [0.15, 0.2) is 0 Å². The minimum Gasteiger partial charge on any atom is -0.393 e. The third-order valence-electron chi connectivity index (χ3n) is 1.87. The highest BCUT2D eigenvalue weighted by molar-refractivity contribution is 4.93. The normalized spacial score (nSPS) is 37.5. The molecular weight excluding hydrogens is 100 g/mol. The lowest BCUT2D eigenvalue weighted by Crippen LogP contribution is -2.10. The van der Waals surface area contributed by atoms with Gasteiger partial charge in [0.1, 0.15) is 0 Å². The number of hydrogen-bond acceptors (Lipinski definition) is 1. The van der Waals surface area contributed by atoms with E-state index in [4.69, 9.17) is 5.11 Å². The predicted octanol–water partition coefficient (Wildman–Crippen LogP) is 1.41. The third-order valence-corrected chi connectivity index (χ3v) is 1.87. The van der Waals surface area contributed by atoms with Crippen molar-refractivity contribution < 1.29 is 5.11 Å². The van der Waals surface area contributed by atoms with Crippen LogP contribution in [0.2, 0.25) is 0 Å². The molecule has 0 aromatic carbocycles. The van der Waals surface area contributed by atoms with Crippen molar-refractivity contribution in [2.75, 3.05) is 0 Å². The molecule has 0 aromatic heterocycles. The summed E-state index contributed by atoms with van der Waals surface area (Å²) in [7, 11) is 0. The lowest BCUT2D eigenvalue weighted by atomic mass is 9.90. The molecule has 0 unspecified atom stereocenters. The Kier molecular flexibility index (Phi) is 1.12. The van der Waals surface area contributed by atoms with Crippen molar-refractivity contribution in [3.05, 3.63) is 0 Å². The van der Waals surface area contributed by atoms with Crippen molar-refractivity contribution in [2.45, 2.75) is 33.3 Å². The summed E-state index contributed by atoms with van der Waals surface area (Å²) in [5.41, 5.74) is 0.333. The average molecular weight is 114 g/mol. The maximum atomic E-state index is 8.96. The Bertz CT molecular complexity index is 91.1. The SMILES string of the molecule is CC(C)(C)[C@@H]1C[C@H]1O. The van der Waals surface area contributed by atoms with Crippen molar-refractivity contribution in [3.63, 3.8) is 0 Å². The summed E-state index contributed by atoms with van der Waals surface area (Å²) in [6, 6.07) is 0. The van der Waals surface area contributed by atoms with Gasteiger partial charge in [-0.3, -0.25) is 0 Å². The summed E-state index contributed by atoms with van der Waals surface area (Å²) in [4.78, 5) is 0. The smallest absolute Gasteiger partial charge is 0.0578 e. The molecule has 0 radical (unpaired) electrons. The molecule has 1 aliphatic carbocycles. The molecule has 1 aliphatic rings. The molecule has 0 bridgehead atoms. The molecule has 1 saturated carbocycles. The van der Waals surface area contributed by atoms with Crippen molar-refractivity contribution in [3.8, 4) is 0 Å². The summed E-state index contributed by atoms with van der Waals surface area (Å²) >= 11 is 0. The van der Waals surface area contributed by atoms with E-state index in [1.807, 2.05) is 0 Å². The van der Waals surface area contributed by atoms with E-state index in [2.05, 4.69) is 20.8 Å². The lowest BCUT2D eigenvalue weighted by Gasteiger charge is -2.16. The monoisotopic (exact) mass is 114 g/mol. The molecular formula is C7H14O. The highest BCUT2D eigenvalue weighted by atomic mass is 16.3. The Morgan fingerprint density at radius 3 is 1.75 bits per heavy atom. The maximum Gasteiger partial charge on any atom is 0.0578 e. The highest BCUT2D eigenvalue weighted by Gasteiger charge is 2.43. The van der Waals surface area contributed by atoms with Gasteiger partial charge in [-0.1, -0.05) is 20.8 Å². The van der Waals surface area contributed by atoms with Gasteiger partial charge >= 0.3 is 0 Å². The van der Waals surface area contributed by atoms with Gasteiger partial charge in [-0.2, -0.15) is 0 Å². The molecule has 0 amide bonds. The van der Waals surface area contributed by atoms with Gasteiger partial charge in [0.25, 0.3) is 0 Å². The first kappa shape index (κ1) is 6.09. The van der Waals surface area contributed by atoms with Crippen LogP contribution in [0.5, 0.6) is 0 Å².